The zero-order chi connectivity index (χ0) is 12.1. The number of hydrogen-bond acceptors (Lipinski definition) is 3. The van der Waals surface area contributed by atoms with E-state index in [2.05, 4.69) is 0 Å². The molecule has 1 aromatic rings. The summed E-state index contributed by atoms with van der Waals surface area (Å²) in [5.74, 6) is -0.256. The van der Waals surface area contributed by atoms with Crippen LogP contribution in [0.25, 0.3) is 0 Å². The minimum Gasteiger partial charge on any atom is -0.466 e. The van der Waals surface area contributed by atoms with E-state index < -0.39 is 0 Å². The van der Waals surface area contributed by atoms with Crippen LogP contribution in [0.5, 0.6) is 0 Å². The van der Waals surface area contributed by atoms with Crippen molar-refractivity contribution in [2.24, 2.45) is 0 Å². The maximum atomic E-state index is 11.4. The Hall–Kier alpha value is -1.64. The Bertz CT molecular complexity index is 408. The average molecular weight is 220 g/mol. The van der Waals surface area contributed by atoms with Crippen molar-refractivity contribution in [1.29, 1.82) is 0 Å². The molecule has 0 N–H and O–H groups in total. The molecule has 0 fully saturated rings. The highest BCUT2D eigenvalue weighted by Gasteiger charge is 2.10. The second-order valence-electron chi connectivity index (χ2n) is 3.74. The molecule has 16 heavy (non-hydrogen) atoms. The quantitative estimate of drug-likeness (QED) is 0.577. The highest BCUT2D eigenvalue weighted by atomic mass is 16.5. The average Bonchev–Trinajstić information content (AvgIpc) is 2.23. The molecule has 0 amide bonds. The fraction of sp³-hybridized carbons (Fsp3) is 0.385. The van der Waals surface area contributed by atoms with E-state index in [4.69, 9.17) is 4.74 Å². The van der Waals surface area contributed by atoms with Crippen LogP contribution < -0.4 is 0 Å². The molecule has 0 atom stereocenters. The summed E-state index contributed by atoms with van der Waals surface area (Å²) in [5.41, 5.74) is 3.33. The number of aldehydes is 1. The molecule has 0 spiro atoms. The van der Waals surface area contributed by atoms with E-state index in [0.717, 1.165) is 23.0 Å². The van der Waals surface area contributed by atoms with Gasteiger partial charge in [-0.2, -0.15) is 0 Å². The molecule has 0 saturated heterocycles. The van der Waals surface area contributed by atoms with Gasteiger partial charge < -0.3 is 4.74 Å². The monoisotopic (exact) mass is 220 g/mol. The molecule has 3 heteroatoms. The van der Waals surface area contributed by atoms with Gasteiger partial charge in [0, 0.05) is 5.56 Å². The van der Waals surface area contributed by atoms with E-state index in [1.165, 1.54) is 0 Å². The van der Waals surface area contributed by atoms with Crippen molar-refractivity contribution < 1.29 is 14.3 Å². The first-order valence-electron chi connectivity index (χ1n) is 5.29. The first kappa shape index (κ1) is 12.4. The van der Waals surface area contributed by atoms with Gasteiger partial charge in [0.15, 0.2) is 0 Å². The third kappa shape index (κ3) is 2.92. The van der Waals surface area contributed by atoms with Crippen LogP contribution in [0.3, 0.4) is 0 Å². The Labute approximate surface area is 95.4 Å². The second-order valence-corrected chi connectivity index (χ2v) is 3.74. The molecule has 1 aromatic carbocycles. The van der Waals surface area contributed by atoms with Crippen molar-refractivity contribution in [2.75, 3.05) is 6.61 Å². The third-order valence-electron chi connectivity index (χ3n) is 2.47. The topological polar surface area (TPSA) is 43.4 Å². The van der Waals surface area contributed by atoms with Crippen molar-refractivity contribution in [3.05, 3.63) is 34.4 Å². The molecule has 1 rings (SSSR count). The number of carbonyl (C=O) groups excluding carboxylic acids is 2. The zero-order valence-electron chi connectivity index (χ0n) is 9.87. The zero-order valence-corrected chi connectivity index (χ0v) is 9.87. The summed E-state index contributed by atoms with van der Waals surface area (Å²) in [6, 6.07) is 3.73. The van der Waals surface area contributed by atoms with Crippen molar-refractivity contribution in [3.63, 3.8) is 0 Å². The van der Waals surface area contributed by atoms with Gasteiger partial charge in [0.2, 0.25) is 0 Å². The SMILES string of the molecule is CCOC(=O)Cc1cc(C)cc(C=O)c1C. The summed E-state index contributed by atoms with van der Waals surface area (Å²) >= 11 is 0. The van der Waals surface area contributed by atoms with E-state index in [0.29, 0.717) is 12.2 Å². The smallest absolute Gasteiger partial charge is 0.310 e. The van der Waals surface area contributed by atoms with Crippen molar-refractivity contribution in [3.8, 4) is 0 Å². The van der Waals surface area contributed by atoms with E-state index >= 15 is 0 Å². The highest BCUT2D eigenvalue weighted by Crippen LogP contribution is 2.16. The van der Waals surface area contributed by atoms with Crippen LogP contribution in [0.1, 0.15) is 34.0 Å². The lowest BCUT2D eigenvalue weighted by Gasteiger charge is -2.09. The molecule has 0 aliphatic carbocycles. The fourth-order valence-corrected chi connectivity index (χ4v) is 1.64. The highest BCUT2D eigenvalue weighted by molar-refractivity contribution is 5.80. The van der Waals surface area contributed by atoms with Crippen LogP contribution in [-0.4, -0.2) is 18.9 Å². The van der Waals surface area contributed by atoms with Crippen LogP contribution in [0, 0.1) is 13.8 Å². The van der Waals surface area contributed by atoms with Gasteiger partial charge in [0.05, 0.1) is 13.0 Å². The van der Waals surface area contributed by atoms with Crippen molar-refractivity contribution in [1.82, 2.24) is 0 Å². The summed E-state index contributed by atoms with van der Waals surface area (Å²) in [6.45, 7) is 5.90. The molecule has 0 radical (unpaired) electrons. The number of ether oxygens (including phenoxy) is 1. The number of benzene rings is 1. The summed E-state index contributed by atoms with van der Waals surface area (Å²) < 4.78 is 4.89. The molecule has 0 saturated carbocycles. The van der Waals surface area contributed by atoms with Crippen LogP contribution in [0.2, 0.25) is 0 Å². The largest absolute Gasteiger partial charge is 0.466 e. The van der Waals surface area contributed by atoms with Gasteiger partial charge in [-0.25, -0.2) is 0 Å². The molecule has 0 aliphatic heterocycles. The van der Waals surface area contributed by atoms with Crippen molar-refractivity contribution >= 4 is 12.3 Å². The van der Waals surface area contributed by atoms with Crippen LogP contribution in [0.15, 0.2) is 12.1 Å². The molecule has 0 heterocycles. The molecular formula is C13H16O3. The first-order chi connectivity index (χ1) is 7.58. The van der Waals surface area contributed by atoms with Gasteiger partial charge in [0.1, 0.15) is 6.29 Å². The minimum atomic E-state index is -0.256. The molecular weight excluding hydrogens is 204 g/mol. The minimum absolute atomic E-state index is 0.224. The molecule has 0 unspecified atom stereocenters. The molecule has 0 aromatic heterocycles. The van der Waals surface area contributed by atoms with Gasteiger partial charge in [-0.15, -0.1) is 0 Å². The van der Waals surface area contributed by atoms with Crippen LogP contribution in [-0.2, 0) is 16.0 Å². The third-order valence-corrected chi connectivity index (χ3v) is 2.47. The van der Waals surface area contributed by atoms with E-state index in [1.54, 1.807) is 6.92 Å². The van der Waals surface area contributed by atoms with Gasteiger partial charge in [-0.1, -0.05) is 11.6 Å². The summed E-state index contributed by atoms with van der Waals surface area (Å²) in [7, 11) is 0. The summed E-state index contributed by atoms with van der Waals surface area (Å²) in [5, 5.41) is 0. The Morgan fingerprint density at radius 2 is 2.06 bits per heavy atom. The Kier molecular flexibility index (Phi) is 4.23. The lowest BCUT2D eigenvalue weighted by atomic mass is 9.98. The Morgan fingerprint density at radius 3 is 2.62 bits per heavy atom. The maximum Gasteiger partial charge on any atom is 0.310 e. The predicted molar refractivity (Wildman–Crippen MR) is 61.6 cm³/mol. The summed E-state index contributed by atoms with van der Waals surface area (Å²) in [6.07, 6.45) is 1.04. The van der Waals surface area contributed by atoms with E-state index in [-0.39, 0.29) is 12.4 Å². The Morgan fingerprint density at radius 1 is 1.38 bits per heavy atom. The molecule has 0 bridgehead atoms. The normalized spacial score (nSPS) is 9.94. The molecule has 0 aliphatic rings. The lowest BCUT2D eigenvalue weighted by Crippen LogP contribution is -2.09. The van der Waals surface area contributed by atoms with Crippen LogP contribution in [0.4, 0.5) is 0 Å². The van der Waals surface area contributed by atoms with Gasteiger partial charge in [0.25, 0.3) is 0 Å². The predicted octanol–water partition coefficient (Wildman–Crippen LogP) is 2.22. The standard InChI is InChI=1S/C13H16O3/c1-4-16-13(15)7-11-5-9(2)6-12(8-14)10(11)3/h5-6,8H,4,7H2,1-3H3. The Balaban J connectivity index is 2.99. The number of carbonyl (C=O) groups is 2. The van der Waals surface area contributed by atoms with Gasteiger partial charge in [-0.05, 0) is 38.0 Å². The molecule has 3 nitrogen and oxygen atoms in total. The van der Waals surface area contributed by atoms with Crippen LogP contribution >= 0.6 is 0 Å². The summed E-state index contributed by atoms with van der Waals surface area (Å²) in [4.78, 5) is 22.2. The van der Waals surface area contributed by atoms with Gasteiger partial charge in [-0.3, -0.25) is 9.59 Å². The maximum absolute atomic E-state index is 11.4. The number of rotatable bonds is 4. The van der Waals surface area contributed by atoms with E-state index in [9.17, 15) is 9.59 Å². The lowest BCUT2D eigenvalue weighted by molar-refractivity contribution is -0.142. The molecule has 86 valence electrons. The number of hydrogen-bond donors (Lipinski definition) is 0. The van der Waals surface area contributed by atoms with E-state index in [1.807, 2.05) is 26.0 Å². The number of esters is 1. The van der Waals surface area contributed by atoms with Crippen molar-refractivity contribution in [2.45, 2.75) is 27.2 Å². The second kappa shape index (κ2) is 5.45. The fourth-order valence-electron chi connectivity index (χ4n) is 1.64. The number of aryl methyl sites for hydroxylation is 1. The van der Waals surface area contributed by atoms with Gasteiger partial charge >= 0.3 is 5.97 Å². The first-order valence-corrected chi connectivity index (χ1v) is 5.29.